The number of phenolic OH excluding ortho intramolecular Hbond substituents is 1. The second-order valence-electron chi connectivity index (χ2n) is 3.16. The fourth-order valence-electron chi connectivity index (χ4n) is 1.32. The number of ether oxygens (including phenoxy) is 1. The van der Waals surface area contributed by atoms with Gasteiger partial charge in [-0.05, 0) is 24.3 Å². The van der Waals surface area contributed by atoms with Crippen molar-refractivity contribution in [1.29, 1.82) is 0 Å². The van der Waals surface area contributed by atoms with Gasteiger partial charge in [0.15, 0.2) is 0 Å². The number of phenols is 1. The number of para-hydroxylation sites is 1. The van der Waals surface area contributed by atoms with Gasteiger partial charge in [-0.15, -0.1) is 0 Å². The third kappa shape index (κ3) is 2.07. The van der Waals surface area contributed by atoms with Gasteiger partial charge in [-0.25, -0.2) is 4.79 Å². The number of allylic oxidation sites excluding steroid dienone is 2. The van der Waals surface area contributed by atoms with Crippen LogP contribution >= 0.6 is 0 Å². The number of carbonyl (C=O) groups is 1. The van der Waals surface area contributed by atoms with Gasteiger partial charge in [0.05, 0.1) is 0 Å². The Morgan fingerprint density at radius 1 is 1.20 bits per heavy atom. The highest BCUT2D eigenvalue weighted by Gasteiger charge is 2.15. The van der Waals surface area contributed by atoms with Crippen LogP contribution in [0.5, 0.6) is 5.75 Å². The molecule has 0 aromatic heterocycles. The van der Waals surface area contributed by atoms with Crippen LogP contribution in [0.3, 0.4) is 0 Å². The number of aromatic hydroxyl groups is 1. The number of benzene rings is 1. The van der Waals surface area contributed by atoms with Crippen LogP contribution in [-0.2, 0) is 4.74 Å². The molecule has 0 radical (unpaired) electrons. The summed E-state index contributed by atoms with van der Waals surface area (Å²) in [7, 11) is 0. The van der Waals surface area contributed by atoms with Gasteiger partial charge >= 0.3 is 5.97 Å². The third-order valence-electron chi connectivity index (χ3n) is 2.08. The first-order valence-electron chi connectivity index (χ1n) is 4.61. The molecule has 76 valence electrons. The topological polar surface area (TPSA) is 46.5 Å². The summed E-state index contributed by atoms with van der Waals surface area (Å²) < 4.78 is 5.11. The maximum absolute atomic E-state index is 11.6. The first kappa shape index (κ1) is 9.52. The Morgan fingerprint density at radius 3 is 2.53 bits per heavy atom. The molecule has 0 atom stereocenters. The molecule has 3 nitrogen and oxygen atoms in total. The fraction of sp³-hybridized carbons (Fsp3) is 0.0833. The van der Waals surface area contributed by atoms with Crippen LogP contribution in [0.25, 0.3) is 0 Å². The summed E-state index contributed by atoms with van der Waals surface area (Å²) in [4.78, 5) is 11.6. The van der Waals surface area contributed by atoms with Crippen molar-refractivity contribution in [3.63, 3.8) is 0 Å². The summed E-state index contributed by atoms with van der Waals surface area (Å²) in [6.45, 7) is 0. The van der Waals surface area contributed by atoms with Gasteiger partial charge in [0.2, 0.25) is 0 Å². The molecule has 0 spiro atoms. The standard InChI is InChI=1S/C12H10O3/c13-11-8-4-3-7-10(11)12(14)15-9-5-1-2-6-9/h1-9,13H. The summed E-state index contributed by atoms with van der Waals surface area (Å²) in [6.07, 6.45) is 6.82. The lowest BCUT2D eigenvalue weighted by molar-refractivity contribution is 0.0463. The highest BCUT2D eigenvalue weighted by atomic mass is 16.5. The minimum Gasteiger partial charge on any atom is -0.507 e. The number of hydrogen-bond acceptors (Lipinski definition) is 3. The molecule has 0 unspecified atom stereocenters. The summed E-state index contributed by atoms with van der Waals surface area (Å²) in [5.74, 6) is -0.581. The van der Waals surface area contributed by atoms with Crippen LogP contribution in [0.4, 0.5) is 0 Å². The number of rotatable bonds is 2. The van der Waals surface area contributed by atoms with Crippen molar-refractivity contribution in [3.8, 4) is 5.75 Å². The van der Waals surface area contributed by atoms with Crippen LogP contribution in [0.2, 0.25) is 0 Å². The average molecular weight is 202 g/mol. The summed E-state index contributed by atoms with van der Waals surface area (Å²) in [5.41, 5.74) is 0.186. The first-order valence-corrected chi connectivity index (χ1v) is 4.61. The Hall–Kier alpha value is -2.03. The van der Waals surface area contributed by atoms with E-state index in [4.69, 9.17) is 4.74 Å². The minimum absolute atomic E-state index is 0.0616. The molecular formula is C12H10O3. The van der Waals surface area contributed by atoms with E-state index in [1.54, 1.807) is 24.3 Å². The van der Waals surface area contributed by atoms with Gasteiger partial charge in [0.1, 0.15) is 17.4 Å². The van der Waals surface area contributed by atoms with Gasteiger partial charge in [0.25, 0.3) is 0 Å². The summed E-state index contributed by atoms with van der Waals surface area (Å²) in [6, 6.07) is 6.31. The largest absolute Gasteiger partial charge is 0.507 e. The predicted octanol–water partition coefficient (Wildman–Crippen LogP) is 2.04. The highest BCUT2D eigenvalue weighted by molar-refractivity contribution is 5.92. The molecule has 0 bridgehead atoms. The molecule has 1 aliphatic carbocycles. The zero-order chi connectivity index (χ0) is 10.7. The van der Waals surface area contributed by atoms with Crippen molar-refractivity contribution in [1.82, 2.24) is 0 Å². The van der Waals surface area contributed by atoms with Gasteiger partial charge in [0, 0.05) is 0 Å². The molecule has 15 heavy (non-hydrogen) atoms. The van der Waals surface area contributed by atoms with E-state index in [0.29, 0.717) is 0 Å². The summed E-state index contributed by atoms with van der Waals surface area (Å²) in [5, 5.41) is 9.42. The SMILES string of the molecule is O=C(OC1C=CC=C1)c1ccccc1O. The van der Waals surface area contributed by atoms with Gasteiger partial charge in [-0.1, -0.05) is 24.3 Å². The van der Waals surface area contributed by atoms with E-state index in [9.17, 15) is 9.90 Å². The number of esters is 1. The average Bonchev–Trinajstić information content (AvgIpc) is 2.71. The molecule has 0 saturated carbocycles. The minimum atomic E-state index is -0.519. The van der Waals surface area contributed by atoms with Gasteiger partial charge in [-0.2, -0.15) is 0 Å². The molecule has 1 aromatic rings. The van der Waals surface area contributed by atoms with Crippen molar-refractivity contribution < 1.29 is 14.6 Å². The lowest BCUT2D eigenvalue weighted by Gasteiger charge is -2.08. The van der Waals surface area contributed by atoms with Crippen molar-refractivity contribution in [3.05, 3.63) is 54.1 Å². The smallest absolute Gasteiger partial charge is 0.342 e. The van der Waals surface area contributed by atoms with Gasteiger partial charge in [-0.3, -0.25) is 0 Å². The van der Waals surface area contributed by atoms with Crippen molar-refractivity contribution in [2.24, 2.45) is 0 Å². The maximum Gasteiger partial charge on any atom is 0.342 e. The molecular weight excluding hydrogens is 192 g/mol. The second kappa shape index (κ2) is 4.00. The Balaban J connectivity index is 2.11. The zero-order valence-corrected chi connectivity index (χ0v) is 7.96. The van der Waals surface area contributed by atoms with E-state index < -0.39 is 5.97 Å². The number of carbonyl (C=O) groups excluding carboxylic acids is 1. The normalized spacial score (nSPS) is 14.4. The Kier molecular flexibility index (Phi) is 2.54. The fourth-order valence-corrected chi connectivity index (χ4v) is 1.32. The first-order chi connectivity index (χ1) is 7.27. The quantitative estimate of drug-likeness (QED) is 0.746. The van der Waals surface area contributed by atoms with E-state index in [2.05, 4.69) is 0 Å². The zero-order valence-electron chi connectivity index (χ0n) is 7.96. The van der Waals surface area contributed by atoms with Crippen LogP contribution in [0.15, 0.2) is 48.6 Å². The van der Waals surface area contributed by atoms with E-state index >= 15 is 0 Å². The Labute approximate surface area is 87.3 Å². The predicted molar refractivity (Wildman–Crippen MR) is 55.6 cm³/mol. The maximum atomic E-state index is 11.6. The highest BCUT2D eigenvalue weighted by Crippen LogP contribution is 2.18. The van der Waals surface area contributed by atoms with Gasteiger partial charge < -0.3 is 9.84 Å². The molecule has 1 aliphatic rings. The van der Waals surface area contributed by atoms with Crippen LogP contribution in [-0.4, -0.2) is 17.2 Å². The third-order valence-corrected chi connectivity index (χ3v) is 2.08. The molecule has 1 aromatic carbocycles. The molecule has 3 heteroatoms. The molecule has 1 N–H and O–H groups in total. The molecule has 2 rings (SSSR count). The summed E-state index contributed by atoms with van der Waals surface area (Å²) >= 11 is 0. The van der Waals surface area contributed by atoms with Crippen LogP contribution in [0, 0.1) is 0 Å². The molecule has 0 fully saturated rings. The monoisotopic (exact) mass is 202 g/mol. The lowest BCUT2D eigenvalue weighted by atomic mass is 10.2. The Morgan fingerprint density at radius 2 is 1.87 bits per heavy atom. The molecule has 0 amide bonds. The van der Waals surface area contributed by atoms with Crippen molar-refractivity contribution in [2.45, 2.75) is 6.10 Å². The van der Waals surface area contributed by atoms with Crippen LogP contribution in [0.1, 0.15) is 10.4 Å². The van der Waals surface area contributed by atoms with Crippen molar-refractivity contribution in [2.75, 3.05) is 0 Å². The lowest BCUT2D eigenvalue weighted by Crippen LogP contribution is -2.12. The van der Waals surface area contributed by atoms with Crippen LogP contribution < -0.4 is 0 Å². The van der Waals surface area contributed by atoms with Crippen molar-refractivity contribution >= 4 is 5.97 Å². The van der Waals surface area contributed by atoms with E-state index in [0.717, 1.165) is 0 Å². The molecule has 0 aliphatic heterocycles. The number of hydrogen-bond donors (Lipinski definition) is 1. The molecule has 0 heterocycles. The van der Waals surface area contributed by atoms with E-state index in [1.807, 2.05) is 12.2 Å². The second-order valence-corrected chi connectivity index (χ2v) is 3.16. The van der Waals surface area contributed by atoms with E-state index in [1.165, 1.54) is 12.1 Å². The van der Waals surface area contributed by atoms with E-state index in [-0.39, 0.29) is 17.4 Å². The Bertz CT molecular complexity index is 420. The molecule has 0 saturated heterocycles.